The molecule has 0 amide bonds. The number of carbonyl (C=O) groups excluding carboxylic acids is 1. The summed E-state index contributed by atoms with van der Waals surface area (Å²) in [5.41, 5.74) is 5.34. The number of hydrogen-bond donors (Lipinski definition) is 1. The first-order valence-corrected chi connectivity index (χ1v) is 6.46. The van der Waals surface area contributed by atoms with Crippen molar-refractivity contribution in [3.05, 3.63) is 29.3 Å². The lowest BCUT2D eigenvalue weighted by atomic mass is 10.1. The highest BCUT2D eigenvalue weighted by Gasteiger charge is 2.32. The normalized spacial score (nSPS) is 18.1. The molecule has 1 fully saturated rings. The molecule has 1 saturated heterocycles. The lowest BCUT2D eigenvalue weighted by Gasteiger charge is -2.20. The van der Waals surface area contributed by atoms with Crippen LogP contribution < -0.4 is 10.6 Å². The van der Waals surface area contributed by atoms with Gasteiger partial charge in [-0.2, -0.15) is 0 Å². The molecule has 0 spiro atoms. The largest absolute Gasteiger partial charge is 0.469 e. The molecule has 1 unspecified atom stereocenters. The predicted molar refractivity (Wildman–Crippen MR) is 74.6 cm³/mol. The second kappa shape index (κ2) is 5.70. The fourth-order valence-electron chi connectivity index (χ4n) is 2.33. The van der Waals surface area contributed by atoms with Crippen LogP contribution in [-0.2, 0) is 9.53 Å². The van der Waals surface area contributed by atoms with Crippen molar-refractivity contribution in [1.29, 1.82) is 0 Å². The van der Waals surface area contributed by atoms with Crippen molar-refractivity contribution in [2.45, 2.75) is 6.42 Å². The first-order valence-electron chi connectivity index (χ1n) is 6.05. The third kappa shape index (κ3) is 2.72. The van der Waals surface area contributed by atoms with Crippen molar-refractivity contribution in [3.8, 4) is 0 Å². The van der Waals surface area contributed by atoms with E-state index in [-0.39, 0.29) is 34.7 Å². The summed E-state index contributed by atoms with van der Waals surface area (Å²) in [7, 11) is 1.29. The lowest BCUT2D eigenvalue weighted by molar-refractivity contribution is -0.144. The van der Waals surface area contributed by atoms with E-state index >= 15 is 0 Å². The number of esters is 1. The summed E-state index contributed by atoms with van der Waals surface area (Å²) < 4.78 is 32.7. The van der Waals surface area contributed by atoms with Gasteiger partial charge in [-0.25, -0.2) is 8.78 Å². The number of thiocarbonyl (C=S) groups is 1. The minimum absolute atomic E-state index is 0.0665. The second-order valence-corrected chi connectivity index (χ2v) is 5.05. The van der Waals surface area contributed by atoms with Crippen LogP contribution >= 0.6 is 12.2 Å². The Morgan fingerprint density at radius 3 is 2.55 bits per heavy atom. The average molecular weight is 300 g/mol. The maximum Gasteiger partial charge on any atom is 0.310 e. The summed E-state index contributed by atoms with van der Waals surface area (Å²) in [4.78, 5) is 12.9. The zero-order valence-electron chi connectivity index (χ0n) is 10.9. The minimum Gasteiger partial charge on any atom is -0.469 e. The molecule has 0 bridgehead atoms. The SMILES string of the molecule is COC(=O)C1CCN(c2c(F)cc(C(N)=S)cc2F)C1. The van der Waals surface area contributed by atoms with E-state index in [0.717, 1.165) is 12.1 Å². The number of hydrogen-bond acceptors (Lipinski definition) is 4. The first-order chi connectivity index (χ1) is 9.43. The Kier molecular flexibility index (Phi) is 4.17. The predicted octanol–water partition coefficient (Wildman–Crippen LogP) is 1.60. The van der Waals surface area contributed by atoms with Crippen molar-refractivity contribution in [2.75, 3.05) is 25.1 Å². The molecule has 4 nitrogen and oxygen atoms in total. The van der Waals surface area contributed by atoms with Gasteiger partial charge in [0.05, 0.1) is 13.0 Å². The quantitative estimate of drug-likeness (QED) is 0.679. The van der Waals surface area contributed by atoms with Crippen LogP contribution in [0.2, 0.25) is 0 Å². The van der Waals surface area contributed by atoms with Crippen LogP contribution in [-0.4, -0.2) is 31.2 Å². The average Bonchev–Trinajstić information content (AvgIpc) is 2.86. The molecule has 20 heavy (non-hydrogen) atoms. The number of carbonyl (C=O) groups is 1. The number of rotatable bonds is 3. The van der Waals surface area contributed by atoms with Crippen molar-refractivity contribution in [2.24, 2.45) is 11.7 Å². The zero-order chi connectivity index (χ0) is 14.9. The highest BCUT2D eigenvalue weighted by molar-refractivity contribution is 7.80. The van der Waals surface area contributed by atoms with E-state index in [1.165, 1.54) is 12.0 Å². The Balaban J connectivity index is 2.26. The second-order valence-electron chi connectivity index (χ2n) is 4.61. The van der Waals surface area contributed by atoms with Crippen LogP contribution in [0, 0.1) is 17.6 Å². The van der Waals surface area contributed by atoms with Crippen LogP contribution in [0.5, 0.6) is 0 Å². The van der Waals surface area contributed by atoms with Crippen LogP contribution in [0.15, 0.2) is 12.1 Å². The number of nitrogens with two attached hydrogens (primary N) is 1. The summed E-state index contributed by atoms with van der Waals surface area (Å²) in [6.07, 6.45) is 0.503. The van der Waals surface area contributed by atoms with Gasteiger partial charge in [-0.3, -0.25) is 4.79 Å². The monoisotopic (exact) mass is 300 g/mol. The van der Waals surface area contributed by atoms with E-state index < -0.39 is 11.6 Å². The molecular formula is C13H14F2N2O2S. The van der Waals surface area contributed by atoms with E-state index in [2.05, 4.69) is 4.74 Å². The fraction of sp³-hybridized carbons (Fsp3) is 0.385. The third-order valence-corrected chi connectivity index (χ3v) is 3.58. The summed E-state index contributed by atoms with van der Waals surface area (Å²) >= 11 is 4.70. The van der Waals surface area contributed by atoms with Crippen LogP contribution in [0.1, 0.15) is 12.0 Å². The Morgan fingerprint density at radius 2 is 2.05 bits per heavy atom. The van der Waals surface area contributed by atoms with E-state index in [9.17, 15) is 13.6 Å². The maximum absolute atomic E-state index is 14.0. The van der Waals surface area contributed by atoms with Crippen molar-refractivity contribution in [3.63, 3.8) is 0 Å². The van der Waals surface area contributed by atoms with Crippen molar-refractivity contribution < 1.29 is 18.3 Å². The van der Waals surface area contributed by atoms with E-state index in [1.807, 2.05) is 0 Å². The first kappa shape index (κ1) is 14.6. The highest BCUT2D eigenvalue weighted by Crippen LogP contribution is 2.30. The summed E-state index contributed by atoms with van der Waals surface area (Å²) in [6.45, 7) is 0.618. The van der Waals surface area contributed by atoms with Gasteiger partial charge in [-0.05, 0) is 18.6 Å². The van der Waals surface area contributed by atoms with Gasteiger partial charge in [0, 0.05) is 18.7 Å². The molecule has 108 valence electrons. The summed E-state index contributed by atoms with van der Waals surface area (Å²) in [5.74, 6) is -2.21. The van der Waals surface area contributed by atoms with Gasteiger partial charge in [-0.15, -0.1) is 0 Å². The Labute approximate surface area is 120 Å². The number of anilines is 1. The molecular weight excluding hydrogens is 286 g/mol. The van der Waals surface area contributed by atoms with E-state index in [0.29, 0.717) is 13.0 Å². The highest BCUT2D eigenvalue weighted by atomic mass is 32.1. The molecule has 1 aromatic carbocycles. The fourth-order valence-corrected chi connectivity index (χ4v) is 2.45. The minimum atomic E-state index is -0.738. The van der Waals surface area contributed by atoms with Gasteiger partial charge in [0.15, 0.2) is 0 Å². The molecule has 0 aromatic heterocycles. The Morgan fingerprint density at radius 1 is 1.45 bits per heavy atom. The number of nitrogens with zero attached hydrogens (tertiary/aromatic N) is 1. The van der Waals surface area contributed by atoms with Crippen molar-refractivity contribution >= 4 is 28.9 Å². The van der Waals surface area contributed by atoms with Crippen LogP contribution in [0.25, 0.3) is 0 Å². The number of halogens is 2. The van der Waals surface area contributed by atoms with Crippen molar-refractivity contribution in [1.82, 2.24) is 0 Å². The zero-order valence-corrected chi connectivity index (χ0v) is 11.7. The van der Waals surface area contributed by atoms with Gasteiger partial charge < -0.3 is 15.4 Å². The molecule has 0 aliphatic carbocycles. The van der Waals surface area contributed by atoms with Gasteiger partial charge >= 0.3 is 5.97 Å². The number of methoxy groups -OCH3 is 1. The molecule has 2 rings (SSSR count). The molecule has 2 N–H and O–H groups in total. The molecule has 1 heterocycles. The molecule has 1 aliphatic heterocycles. The van der Waals surface area contributed by atoms with Gasteiger partial charge in [0.25, 0.3) is 0 Å². The summed E-state index contributed by atoms with van der Waals surface area (Å²) in [5, 5.41) is 0. The lowest BCUT2D eigenvalue weighted by Crippen LogP contribution is -2.25. The Hall–Kier alpha value is -1.76. The van der Waals surface area contributed by atoms with Crippen LogP contribution in [0.3, 0.4) is 0 Å². The molecule has 1 aliphatic rings. The standard InChI is InChI=1S/C13H14F2N2O2S/c1-19-13(18)7-2-3-17(6-7)11-9(14)4-8(12(16)20)5-10(11)15/h4-5,7H,2-3,6H2,1H3,(H2,16,20). The molecule has 1 atom stereocenters. The molecule has 0 radical (unpaired) electrons. The Bertz CT molecular complexity index is 542. The smallest absolute Gasteiger partial charge is 0.310 e. The van der Waals surface area contributed by atoms with Gasteiger partial charge in [0.1, 0.15) is 22.3 Å². The molecule has 7 heteroatoms. The number of benzene rings is 1. The topological polar surface area (TPSA) is 55.6 Å². The molecule has 0 saturated carbocycles. The van der Waals surface area contributed by atoms with Gasteiger partial charge in [-0.1, -0.05) is 12.2 Å². The van der Waals surface area contributed by atoms with Crippen LogP contribution in [0.4, 0.5) is 14.5 Å². The van der Waals surface area contributed by atoms with E-state index in [1.54, 1.807) is 0 Å². The number of ether oxygens (including phenoxy) is 1. The third-order valence-electron chi connectivity index (χ3n) is 3.34. The van der Waals surface area contributed by atoms with Gasteiger partial charge in [0.2, 0.25) is 0 Å². The summed E-state index contributed by atoms with van der Waals surface area (Å²) in [6, 6.07) is 2.21. The van der Waals surface area contributed by atoms with E-state index in [4.69, 9.17) is 18.0 Å². The molecule has 1 aromatic rings. The maximum atomic E-state index is 14.0.